The summed E-state index contributed by atoms with van der Waals surface area (Å²) in [4.78, 5) is 36.2. The van der Waals surface area contributed by atoms with E-state index in [1.165, 1.54) is 12.1 Å². The molecule has 0 spiro atoms. The average Bonchev–Trinajstić information content (AvgIpc) is 2.45. The zero-order valence-corrected chi connectivity index (χ0v) is 13.7. The molecule has 1 N–H and O–H groups in total. The van der Waals surface area contributed by atoms with Gasteiger partial charge in [0.2, 0.25) is 0 Å². The van der Waals surface area contributed by atoms with Gasteiger partial charge in [-0.25, -0.2) is 4.39 Å². The second-order valence-electron chi connectivity index (χ2n) is 5.89. The fourth-order valence-corrected chi connectivity index (χ4v) is 2.01. The molecule has 0 bridgehead atoms. The van der Waals surface area contributed by atoms with Crippen molar-refractivity contribution in [2.24, 2.45) is 0 Å². The molecule has 1 aromatic rings. The van der Waals surface area contributed by atoms with Gasteiger partial charge in [-0.05, 0) is 32.4 Å². The van der Waals surface area contributed by atoms with E-state index in [1.54, 1.807) is 20.8 Å². The summed E-state index contributed by atoms with van der Waals surface area (Å²) in [5.41, 5.74) is -1.11. The molecular formula is C16H20FNO5. The van der Waals surface area contributed by atoms with Crippen LogP contribution in [-0.4, -0.2) is 37.6 Å². The Hall–Kier alpha value is -2.44. The highest BCUT2D eigenvalue weighted by molar-refractivity contribution is 6.05. The van der Waals surface area contributed by atoms with Gasteiger partial charge in [-0.2, -0.15) is 0 Å². The lowest BCUT2D eigenvalue weighted by atomic mass is 9.92. The molecule has 1 rings (SSSR count). The van der Waals surface area contributed by atoms with Gasteiger partial charge in [-0.15, -0.1) is 0 Å². The maximum atomic E-state index is 14.2. The van der Waals surface area contributed by atoms with E-state index >= 15 is 0 Å². The van der Waals surface area contributed by atoms with E-state index in [-0.39, 0.29) is 11.1 Å². The number of hydrogen-bond acceptors (Lipinski definition) is 5. The normalized spacial score (nSPS) is 11.1. The van der Waals surface area contributed by atoms with Gasteiger partial charge >= 0.3 is 11.9 Å². The third-order valence-corrected chi connectivity index (χ3v) is 2.95. The van der Waals surface area contributed by atoms with Crippen LogP contribution in [0.25, 0.3) is 0 Å². The van der Waals surface area contributed by atoms with E-state index in [0.29, 0.717) is 0 Å². The number of carbonyl (C=O) groups excluding carboxylic acids is 3. The van der Waals surface area contributed by atoms with Crippen LogP contribution in [0.5, 0.6) is 0 Å². The predicted octanol–water partition coefficient (Wildman–Crippen LogP) is 1.78. The Balaban J connectivity index is 3.46. The summed E-state index contributed by atoms with van der Waals surface area (Å²) in [6, 6.07) is 3.70. The lowest BCUT2D eigenvalue weighted by Gasteiger charge is -2.23. The van der Waals surface area contributed by atoms with Gasteiger partial charge in [0.15, 0.2) is 5.92 Å². The standard InChI is InChI=1S/C16H20FNO5/c1-16(2,3)18-13(19)11-9(7-6-8-10(11)17)12(14(20)22-4)15(21)23-5/h6-8,12H,1-5H3,(H,18,19). The third-order valence-electron chi connectivity index (χ3n) is 2.95. The number of carbonyl (C=O) groups is 3. The first-order valence-corrected chi connectivity index (χ1v) is 6.89. The summed E-state index contributed by atoms with van der Waals surface area (Å²) in [5.74, 6) is -4.99. The number of esters is 2. The van der Waals surface area contributed by atoms with Gasteiger partial charge in [0, 0.05) is 5.54 Å². The highest BCUT2D eigenvalue weighted by Crippen LogP contribution is 2.25. The van der Waals surface area contributed by atoms with Crippen molar-refractivity contribution >= 4 is 17.8 Å². The van der Waals surface area contributed by atoms with Crippen LogP contribution in [0.15, 0.2) is 18.2 Å². The second kappa shape index (κ2) is 7.21. The molecule has 0 aromatic heterocycles. The van der Waals surface area contributed by atoms with Crippen LogP contribution < -0.4 is 5.32 Å². The predicted molar refractivity (Wildman–Crippen MR) is 80.4 cm³/mol. The van der Waals surface area contributed by atoms with Crippen molar-refractivity contribution in [3.8, 4) is 0 Å². The lowest BCUT2D eigenvalue weighted by molar-refractivity contribution is -0.154. The van der Waals surface area contributed by atoms with E-state index in [0.717, 1.165) is 20.3 Å². The molecule has 0 aliphatic heterocycles. The van der Waals surface area contributed by atoms with Crippen molar-refractivity contribution in [1.82, 2.24) is 5.32 Å². The first kappa shape index (κ1) is 18.6. The molecule has 6 nitrogen and oxygen atoms in total. The topological polar surface area (TPSA) is 81.7 Å². The SMILES string of the molecule is COC(=O)C(C(=O)OC)c1cccc(F)c1C(=O)NC(C)(C)C. The van der Waals surface area contributed by atoms with Crippen LogP contribution in [0.3, 0.4) is 0 Å². The van der Waals surface area contributed by atoms with E-state index in [2.05, 4.69) is 14.8 Å². The van der Waals surface area contributed by atoms with Crippen LogP contribution in [0.4, 0.5) is 4.39 Å². The molecule has 7 heteroatoms. The number of methoxy groups -OCH3 is 2. The molecule has 0 saturated carbocycles. The summed E-state index contributed by atoms with van der Waals surface area (Å²) in [6.07, 6.45) is 0. The molecule has 1 aromatic carbocycles. The fourth-order valence-electron chi connectivity index (χ4n) is 2.01. The minimum Gasteiger partial charge on any atom is -0.468 e. The van der Waals surface area contributed by atoms with Crippen molar-refractivity contribution in [2.45, 2.75) is 32.2 Å². The monoisotopic (exact) mass is 325 g/mol. The molecule has 0 unspecified atom stereocenters. The Morgan fingerprint density at radius 3 is 2.04 bits per heavy atom. The van der Waals surface area contributed by atoms with Crippen molar-refractivity contribution in [1.29, 1.82) is 0 Å². The molecule has 0 heterocycles. The quantitative estimate of drug-likeness (QED) is 0.674. The van der Waals surface area contributed by atoms with Crippen LogP contribution in [0, 0.1) is 5.82 Å². The van der Waals surface area contributed by atoms with Crippen LogP contribution in [-0.2, 0) is 19.1 Å². The van der Waals surface area contributed by atoms with Crippen molar-refractivity contribution in [3.63, 3.8) is 0 Å². The highest BCUT2D eigenvalue weighted by Gasteiger charge is 2.35. The maximum Gasteiger partial charge on any atom is 0.324 e. The smallest absolute Gasteiger partial charge is 0.324 e. The molecule has 0 atom stereocenters. The van der Waals surface area contributed by atoms with Gasteiger partial charge in [-0.3, -0.25) is 14.4 Å². The lowest BCUT2D eigenvalue weighted by Crippen LogP contribution is -2.42. The summed E-state index contributed by atoms with van der Waals surface area (Å²) in [5, 5.41) is 2.60. The third kappa shape index (κ3) is 4.51. The van der Waals surface area contributed by atoms with Gasteiger partial charge < -0.3 is 14.8 Å². The van der Waals surface area contributed by atoms with Gasteiger partial charge in [0.1, 0.15) is 5.82 Å². The van der Waals surface area contributed by atoms with Crippen LogP contribution in [0.2, 0.25) is 0 Å². The number of rotatable bonds is 4. The van der Waals surface area contributed by atoms with Gasteiger partial charge in [0.25, 0.3) is 5.91 Å². The fraction of sp³-hybridized carbons (Fsp3) is 0.438. The van der Waals surface area contributed by atoms with Gasteiger partial charge in [-0.1, -0.05) is 12.1 Å². The minimum atomic E-state index is -1.54. The molecule has 0 radical (unpaired) electrons. The first-order valence-electron chi connectivity index (χ1n) is 6.89. The van der Waals surface area contributed by atoms with Crippen molar-refractivity contribution in [2.75, 3.05) is 14.2 Å². The molecule has 0 aliphatic carbocycles. The van der Waals surface area contributed by atoms with Crippen LogP contribution in [0.1, 0.15) is 42.6 Å². The zero-order chi connectivity index (χ0) is 17.8. The van der Waals surface area contributed by atoms with E-state index in [4.69, 9.17) is 0 Å². The number of halogens is 1. The Kier molecular flexibility index (Phi) is 5.84. The summed E-state index contributed by atoms with van der Waals surface area (Å²) < 4.78 is 23.3. The van der Waals surface area contributed by atoms with E-state index < -0.39 is 35.1 Å². The van der Waals surface area contributed by atoms with Gasteiger partial charge in [0.05, 0.1) is 19.8 Å². The summed E-state index contributed by atoms with van der Waals surface area (Å²) in [7, 11) is 2.18. The average molecular weight is 325 g/mol. The second-order valence-corrected chi connectivity index (χ2v) is 5.89. The molecular weight excluding hydrogens is 305 g/mol. The molecule has 0 fully saturated rings. The zero-order valence-electron chi connectivity index (χ0n) is 13.7. The Bertz CT molecular complexity index is 605. The maximum absolute atomic E-state index is 14.2. The van der Waals surface area contributed by atoms with Crippen molar-refractivity contribution in [3.05, 3.63) is 35.1 Å². The number of benzene rings is 1. The molecule has 0 saturated heterocycles. The molecule has 0 aliphatic rings. The first-order chi connectivity index (χ1) is 10.6. The minimum absolute atomic E-state index is 0.106. The molecule has 23 heavy (non-hydrogen) atoms. The highest BCUT2D eigenvalue weighted by atomic mass is 19.1. The van der Waals surface area contributed by atoms with E-state index in [1.807, 2.05) is 0 Å². The Morgan fingerprint density at radius 2 is 1.61 bits per heavy atom. The van der Waals surface area contributed by atoms with Crippen LogP contribution >= 0.6 is 0 Å². The molecule has 1 amide bonds. The Labute approximate surface area is 134 Å². The van der Waals surface area contributed by atoms with Crippen molar-refractivity contribution < 1.29 is 28.2 Å². The Morgan fingerprint density at radius 1 is 1.09 bits per heavy atom. The summed E-state index contributed by atoms with van der Waals surface area (Å²) in [6.45, 7) is 5.18. The van der Waals surface area contributed by atoms with E-state index in [9.17, 15) is 18.8 Å². The number of nitrogens with one attached hydrogen (secondary N) is 1. The summed E-state index contributed by atoms with van der Waals surface area (Å²) >= 11 is 0. The molecule has 126 valence electrons. The largest absolute Gasteiger partial charge is 0.468 e. The number of ether oxygens (including phenoxy) is 2. The number of hydrogen-bond donors (Lipinski definition) is 1. The number of amides is 1.